The van der Waals surface area contributed by atoms with Crippen LogP contribution in [0.15, 0.2) is 42.5 Å². The first kappa shape index (κ1) is 21.4. The molecule has 2 rings (SSSR count). The number of hydrogen-bond acceptors (Lipinski definition) is 4. The highest BCUT2D eigenvalue weighted by Crippen LogP contribution is 2.22. The highest BCUT2D eigenvalue weighted by molar-refractivity contribution is 5.87. The average Bonchev–Trinajstić information content (AvgIpc) is 2.63. The molecular weight excluding hydrogens is 354 g/mol. The molecule has 0 radical (unpaired) electrons. The van der Waals surface area contributed by atoms with Crippen molar-refractivity contribution in [3.05, 3.63) is 64.7 Å². The fourth-order valence-corrected chi connectivity index (χ4v) is 3.41. The second-order valence-electron chi connectivity index (χ2n) is 7.18. The highest BCUT2D eigenvalue weighted by Gasteiger charge is 2.23. The number of amides is 2. The number of carbonyl (C=O) groups excluding carboxylic acids is 2. The van der Waals surface area contributed by atoms with E-state index in [0.717, 1.165) is 23.1 Å². The molecule has 2 aromatic carbocycles. The Bertz CT molecular complexity index is 798. The Morgan fingerprint density at radius 2 is 1.71 bits per heavy atom. The Labute approximate surface area is 166 Å². The van der Waals surface area contributed by atoms with Gasteiger partial charge in [0.05, 0.1) is 12.6 Å². The molecule has 0 bridgehead atoms. The van der Waals surface area contributed by atoms with Gasteiger partial charge >= 0.3 is 0 Å². The van der Waals surface area contributed by atoms with Crippen molar-refractivity contribution < 1.29 is 14.7 Å². The van der Waals surface area contributed by atoms with Crippen molar-refractivity contribution in [1.29, 1.82) is 0 Å². The molecule has 6 heteroatoms. The van der Waals surface area contributed by atoms with E-state index in [1.54, 1.807) is 12.1 Å². The van der Waals surface area contributed by atoms with Crippen LogP contribution >= 0.6 is 0 Å². The highest BCUT2D eigenvalue weighted by atomic mass is 16.3. The molecule has 28 heavy (non-hydrogen) atoms. The molecule has 1 atom stereocenters. The van der Waals surface area contributed by atoms with Gasteiger partial charge in [-0.25, -0.2) is 0 Å². The molecule has 0 aliphatic rings. The zero-order valence-electron chi connectivity index (χ0n) is 16.5. The number of primary amides is 1. The van der Waals surface area contributed by atoms with Crippen molar-refractivity contribution in [2.24, 2.45) is 11.5 Å². The standard InChI is InChI=1S/C22H29N3O3/c1-15-11-18(26)12-16(2)19(15)13-20(23)22(28)25(14-21(24)27)10-6-9-17-7-4-3-5-8-17/h3-5,7-8,11-12,20,26H,6,9-10,13-14,23H2,1-2H3,(H2,24,27). The number of rotatable bonds is 9. The smallest absolute Gasteiger partial charge is 0.240 e. The zero-order chi connectivity index (χ0) is 20.7. The maximum Gasteiger partial charge on any atom is 0.240 e. The molecule has 2 aromatic rings. The largest absolute Gasteiger partial charge is 0.508 e. The number of hydrogen-bond donors (Lipinski definition) is 3. The van der Waals surface area contributed by atoms with Crippen LogP contribution in [-0.2, 0) is 22.4 Å². The Morgan fingerprint density at radius 1 is 1.11 bits per heavy atom. The molecule has 0 aliphatic carbocycles. The number of aryl methyl sites for hydroxylation is 3. The fraction of sp³-hybridized carbons (Fsp3) is 0.364. The Hall–Kier alpha value is -2.86. The van der Waals surface area contributed by atoms with Gasteiger partial charge in [-0.05, 0) is 67.5 Å². The van der Waals surface area contributed by atoms with Crippen LogP contribution in [0, 0.1) is 13.8 Å². The molecule has 0 saturated heterocycles. The van der Waals surface area contributed by atoms with Crippen molar-refractivity contribution in [3.63, 3.8) is 0 Å². The lowest BCUT2D eigenvalue weighted by Gasteiger charge is -2.25. The van der Waals surface area contributed by atoms with Crippen LogP contribution in [0.4, 0.5) is 0 Å². The van der Waals surface area contributed by atoms with Crippen LogP contribution in [0.1, 0.15) is 28.7 Å². The van der Waals surface area contributed by atoms with Gasteiger partial charge in [-0.1, -0.05) is 30.3 Å². The predicted molar refractivity (Wildman–Crippen MR) is 110 cm³/mol. The van der Waals surface area contributed by atoms with Crippen molar-refractivity contribution in [1.82, 2.24) is 4.90 Å². The van der Waals surface area contributed by atoms with E-state index in [9.17, 15) is 14.7 Å². The minimum Gasteiger partial charge on any atom is -0.508 e. The first-order chi connectivity index (χ1) is 13.3. The summed E-state index contributed by atoms with van der Waals surface area (Å²) in [7, 11) is 0. The SMILES string of the molecule is Cc1cc(O)cc(C)c1CC(N)C(=O)N(CCCc1ccccc1)CC(N)=O. The summed E-state index contributed by atoms with van der Waals surface area (Å²) in [5.41, 5.74) is 15.4. The van der Waals surface area contributed by atoms with Gasteiger partial charge in [0, 0.05) is 6.54 Å². The number of nitrogens with zero attached hydrogens (tertiary/aromatic N) is 1. The quantitative estimate of drug-likeness (QED) is 0.613. The number of aromatic hydroxyl groups is 1. The van der Waals surface area contributed by atoms with E-state index >= 15 is 0 Å². The molecule has 2 amide bonds. The third-order valence-electron chi connectivity index (χ3n) is 4.82. The van der Waals surface area contributed by atoms with Crippen LogP contribution < -0.4 is 11.5 Å². The number of carbonyl (C=O) groups is 2. The summed E-state index contributed by atoms with van der Waals surface area (Å²) in [5.74, 6) is -0.661. The Kier molecular flexibility index (Phi) is 7.58. The number of nitrogens with two attached hydrogens (primary N) is 2. The monoisotopic (exact) mass is 383 g/mol. The van der Waals surface area contributed by atoms with E-state index in [2.05, 4.69) is 0 Å². The van der Waals surface area contributed by atoms with E-state index in [4.69, 9.17) is 11.5 Å². The lowest BCUT2D eigenvalue weighted by atomic mass is 9.95. The molecule has 0 aliphatic heterocycles. The Balaban J connectivity index is 2.03. The van der Waals surface area contributed by atoms with Gasteiger partial charge in [0.25, 0.3) is 0 Å². The molecule has 0 aromatic heterocycles. The van der Waals surface area contributed by atoms with E-state index in [1.807, 2.05) is 44.2 Å². The average molecular weight is 383 g/mol. The van der Waals surface area contributed by atoms with E-state index < -0.39 is 11.9 Å². The normalized spacial score (nSPS) is 11.8. The maximum atomic E-state index is 12.9. The van der Waals surface area contributed by atoms with E-state index in [0.29, 0.717) is 19.4 Å². The zero-order valence-corrected chi connectivity index (χ0v) is 16.5. The van der Waals surface area contributed by atoms with Crippen molar-refractivity contribution in [2.45, 2.75) is 39.2 Å². The molecule has 0 fully saturated rings. The topological polar surface area (TPSA) is 110 Å². The molecule has 0 saturated carbocycles. The lowest BCUT2D eigenvalue weighted by molar-refractivity contribution is -0.136. The van der Waals surface area contributed by atoms with E-state index in [-0.39, 0.29) is 18.2 Å². The summed E-state index contributed by atoms with van der Waals surface area (Å²) >= 11 is 0. The minimum absolute atomic E-state index is 0.144. The van der Waals surface area contributed by atoms with Crippen molar-refractivity contribution in [3.8, 4) is 5.75 Å². The summed E-state index contributed by atoms with van der Waals surface area (Å²) in [6.45, 7) is 4.02. The summed E-state index contributed by atoms with van der Waals surface area (Å²) in [5, 5.41) is 9.68. The maximum absolute atomic E-state index is 12.9. The van der Waals surface area contributed by atoms with Crippen molar-refractivity contribution in [2.75, 3.05) is 13.1 Å². The van der Waals surface area contributed by atoms with Gasteiger partial charge < -0.3 is 21.5 Å². The summed E-state index contributed by atoms with van der Waals surface area (Å²) in [6, 6.07) is 12.5. The van der Waals surface area contributed by atoms with Gasteiger partial charge in [-0.15, -0.1) is 0 Å². The van der Waals surface area contributed by atoms with Gasteiger partial charge in [-0.2, -0.15) is 0 Å². The number of phenolic OH excluding ortho intramolecular Hbond substituents is 1. The predicted octanol–water partition coefficient (Wildman–Crippen LogP) is 1.83. The second kappa shape index (κ2) is 9.90. The van der Waals surface area contributed by atoms with Gasteiger partial charge in [0.15, 0.2) is 0 Å². The summed E-state index contributed by atoms with van der Waals surface area (Å²) in [6.07, 6.45) is 1.85. The minimum atomic E-state index is -0.780. The van der Waals surface area contributed by atoms with Crippen molar-refractivity contribution >= 4 is 11.8 Å². The molecule has 0 heterocycles. The van der Waals surface area contributed by atoms with E-state index in [1.165, 1.54) is 10.5 Å². The molecule has 150 valence electrons. The summed E-state index contributed by atoms with van der Waals surface area (Å²) < 4.78 is 0. The van der Waals surface area contributed by atoms with Crippen LogP contribution in [0.25, 0.3) is 0 Å². The first-order valence-electron chi connectivity index (χ1n) is 9.43. The lowest BCUT2D eigenvalue weighted by Crippen LogP contribution is -2.48. The van der Waals surface area contributed by atoms with Gasteiger partial charge in [0.2, 0.25) is 11.8 Å². The van der Waals surface area contributed by atoms with Gasteiger partial charge in [-0.3, -0.25) is 9.59 Å². The Morgan fingerprint density at radius 3 is 2.29 bits per heavy atom. The second-order valence-corrected chi connectivity index (χ2v) is 7.18. The van der Waals surface area contributed by atoms with Crippen LogP contribution in [0.2, 0.25) is 0 Å². The fourth-order valence-electron chi connectivity index (χ4n) is 3.41. The first-order valence-corrected chi connectivity index (χ1v) is 9.43. The molecule has 1 unspecified atom stereocenters. The van der Waals surface area contributed by atoms with Crippen LogP contribution in [0.3, 0.4) is 0 Å². The number of phenols is 1. The van der Waals surface area contributed by atoms with Crippen LogP contribution in [-0.4, -0.2) is 41.0 Å². The third kappa shape index (κ3) is 6.09. The molecule has 6 nitrogen and oxygen atoms in total. The number of benzene rings is 2. The van der Waals surface area contributed by atoms with Crippen LogP contribution in [0.5, 0.6) is 5.75 Å². The third-order valence-corrected chi connectivity index (χ3v) is 4.82. The molecule has 5 N–H and O–H groups in total. The van der Waals surface area contributed by atoms with Gasteiger partial charge in [0.1, 0.15) is 5.75 Å². The molecule has 0 spiro atoms. The summed E-state index contributed by atoms with van der Waals surface area (Å²) in [4.78, 5) is 25.7. The molecular formula is C22H29N3O3.